The number of nitrogens with one attached hydrogen (secondary N) is 1. The first-order chi connectivity index (χ1) is 9.74. The van der Waals surface area contributed by atoms with E-state index >= 15 is 0 Å². The van der Waals surface area contributed by atoms with Crippen molar-refractivity contribution < 1.29 is 4.79 Å². The van der Waals surface area contributed by atoms with E-state index < -0.39 is 0 Å². The fourth-order valence-corrected chi connectivity index (χ4v) is 2.62. The van der Waals surface area contributed by atoms with Gasteiger partial charge in [-0.1, -0.05) is 48.5 Å². The minimum Gasteiger partial charge on any atom is -0.339 e. The van der Waals surface area contributed by atoms with Crippen molar-refractivity contribution in [3.05, 3.63) is 60.3 Å². The van der Waals surface area contributed by atoms with Crippen molar-refractivity contribution in [2.75, 3.05) is 0 Å². The molecule has 0 aliphatic rings. The molecule has 1 amide bonds. The molecule has 0 radical (unpaired) electrons. The number of fused-ring (bicyclic) bond motifs is 1. The summed E-state index contributed by atoms with van der Waals surface area (Å²) in [6.07, 6.45) is 0. The first-order valence-corrected chi connectivity index (χ1v) is 6.38. The average molecular weight is 265 g/mol. The van der Waals surface area contributed by atoms with Crippen LogP contribution >= 0.6 is 0 Å². The van der Waals surface area contributed by atoms with Crippen molar-refractivity contribution in [1.82, 2.24) is 9.99 Å². The summed E-state index contributed by atoms with van der Waals surface area (Å²) in [5, 5.41) is 1.04. The van der Waals surface area contributed by atoms with E-state index in [4.69, 9.17) is 5.84 Å². The fraction of sp³-hybridized carbons (Fsp3) is 0.0625. The third-order valence-corrected chi connectivity index (χ3v) is 3.52. The third-order valence-electron chi connectivity index (χ3n) is 3.52. The summed E-state index contributed by atoms with van der Waals surface area (Å²) in [7, 11) is 1.87. The number of carbonyl (C=O) groups excluding carboxylic acids is 1. The van der Waals surface area contributed by atoms with Crippen LogP contribution in [-0.2, 0) is 7.05 Å². The van der Waals surface area contributed by atoms with Gasteiger partial charge in [0.05, 0.1) is 0 Å². The first kappa shape index (κ1) is 12.4. The Morgan fingerprint density at radius 1 is 1.05 bits per heavy atom. The van der Waals surface area contributed by atoms with Crippen LogP contribution in [0.2, 0.25) is 0 Å². The highest BCUT2D eigenvalue weighted by atomic mass is 16.2. The van der Waals surface area contributed by atoms with Crippen molar-refractivity contribution in [2.24, 2.45) is 12.9 Å². The van der Waals surface area contributed by atoms with Gasteiger partial charge in [0.1, 0.15) is 5.69 Å². The standard InChI is InChI=1S/C16H15N3O/c1-19-13-10-6-5-9-12(13)14(15(19)16(20)18-17)11-7-3-2-4-8-11/h2-10H,17H2,1H3,(H,18,20). The smallest absolute Gasteiger partial charge is 0.282 e. The maximum absolute atomic E-state index is 12.1. The van der Waals surface area contributed by atoms with Crippen molar-refractivity contribution in [1.29, 1.82) is 0 Å². The van der Waals surface area contributed by atoms with Gasteiger partial charge in [-0.15, -0.1) is 0 Å². The molecule has 4 nitrogen and oxygen atoms in total. The zero-order chi connectivity index (χ0) is 14.1. The molecule has 3 aromatic rings. The Balaban J connectivity index is 2.42. The van der Waals surface area contributed by atoms with Crippen LogP contribution in [0.25, 0.3) is 22.0 Å². The van der Waals surface area contributed by atoms with Crippen LogP contribution in [0.15, 0.2) is 54.6 Å². The molecule has 2 aromatic carbocycles. The number of nitrogens with zero attached hydrogens (tertiary/aromatic N) is 1. The minimum absolute atomic E-state index is 0.289. The first-order valence-electron chi connectivity index (χ1n) is 6.38. The molecule has 20 heavy (non-hydrogen) atoms. The van der Waals surface area contributed by atoms with Gasteiger partial charge in [0, 0.05) is 23.5 Å². The van der Waals surface area contributed by atoms with Crippen molar-refractivity contribution in [3.63, 3.8) is 0 Å². The highest BCUT2D eigenvalue weighted by Gasteiger charge is 2.21. The summed E-state index contributed by atoms with van der Waals surface area (Å²) in [6.45, 7) is 0. The number of hydrazine groups is 1. The SMILES string of the molecule is Cn1c(C(=O)NN)c(-c2ccccc2)c2ccccc21. The predicted molar refractivity (Wildman–Crippen MR) is 80.0 cm³/mol. The molecule has 0 spiro atoms. The lowest BCUT2D eigenvalue weighted by atomic mass is 10.0. The van der Waals surface area contributed by atoms with Crippen molar-refractivity contribution in [2.45, 2.75) is 0 Å². The van der Waals surface area contributed by atoms with Crippen LogP contribution in [-0.4, -0.2) is 10.5 Å². The molecule has 0 fully saturated rings. The molecule has 100 valence electrons. The summed E-state index contributed by atoms with van der Waals surface area (Å²) < 4.78 is 1.87. The summed E-state index contributed by atoms with van der Waals surface area (Å²) in [5.74, 6) is 5.04. The monoisotopic (exact) mass is 265 g/mol. The Labute approximate surface area is 116 Å². The predicted octanol–water partition coefficient (Wildman–Crippen LogP) is 2.45. The number of aryl methyl sites for hydroxylation is 1. The number of hydrogen-bond donors (Lipinski definition) is 2. The van der Waals surface area contributed by atoms with Gasteiger partial charge in [-0.25, -0.2) is 5.84 Å². The molecule has 0 atom stereocenters. The second-order valence-electron chi connectivity index (χ2n) is 4.64. The molecule has 0 aliphatic heterocycles. The lowest BCUT2D eigenvalue weighted by molar-refractivity contribution is 0.0946. The molecule has 4 heteroatoms. The molecule has 0 unspecified atom stereocenters. The molecule has 1 aromatic heterocycles. The minimum atomic E-state index is -0.289. The van der Waals surface area contributed by atoms with E-state index in [1.807, 2.05) is 66.2 Å². The van der Waals surface area contributed by atoms with Gasteiger partial charge < -0.3 is 4.57 Å². The normalized spacial score (nSPS) is 10.7. The quantitative estimate of drug-likeness (QED) is 0.425. The zero-order valence-corrected chi connectivity index (χ0v) is 11.1. The molecular formula is C16H15N3O. The maximum atomic E-state index is 12.1. The molecule has 0 bridgehead atoms. The number of rotatable bonds is 2. The van der Waals surface area contributed by atoms with E-state index in [9.17, 15) is 4.79 Å². The number of para-hydroxylation sites is 1. The Bertz CT molecular complexity index is 775. The van der Waals surface area contributed by atoms with Crippen LogP contribution in [0.1, 0.15) is 10.5 Å². The number of aromatic nitrogens is 1. The molecule has 0 saturated carbocycles. The molecule has 3 rings (SSSR count). The van der Waals surface area contributed by atoms with Crippen LogP contribution in [0.5, 0.6) is 0 Å². The van der Waals surface area contributed by atoms with Crippen LogP contribution < -0.4 is 11.3 Å². The second-order valence-corrected chi connectivity index (χ2v) is 4.64. The Hall–Kier alpha value is -2.59. The summed E-state index contributed by atoms with van der Waals surface area (Å²) >= 11 is 0. The zero-order valence-electron chi connectivity index (χ0n) is 11.1. The lowest BCUT2D eigenvalue weighted by Crippen LogP contribution is -2.31. The molecule has 0 aliphatic carbocycles. The topological polar surface area (TPSA) is 60.0 Å². The van der Waals surface area contributed by atoms with Crippen LogP contribution in [0.4, 0.5) is 0 Å². The van der Waals surface area contributed by atoms with Gasteiger partial charge in [-0.3, -0.25) is 10.2 Å². The number of amides is 1. The van der Waals surface area contributed by atoms with Gasteiger partial charge in [0.2, 0.25) is 0 Å². The molecule has 3 N–H and O–H groups in total. The van der Waals surface area contributed by atoms with E-state index in [2.05, 4.69) is 5.43 Å². The van der Waals surface area contributed by atoms with Crippen LogP contribution in [0.3, 0.4) is 0 Å². The lowest BCUT2D eigenvalue weighted by Gasteiger charge is -2.06. The fourth-order valence-electron chi connectivity index (χ4n) is 2.62. The second kappa shape index (κ2) is 4.83. The summed E-state index contributed by atoms with van der Waals surface area (Å²) in [4.78, 5) is 12.1. The van der Waals surface area contributed by atoms with Gasteiger partial charge in [-0.05, 0) is 11.6 Å². The van der Waals surface area contributed by atoms with Crippen LogP contribution in [0, 0.1) is 0 Å². The number of nitrogens with two attached hydrogens (primary N) is 1. The van der Waals surface area contributed by atoms with Gasteiger partial charge in [0.25, 0.3) is 5.91 Å². The third kappa shape index (κ3) is 1.78. The van der Waals surface area contributed by atoms with E-state index in [-0.39, 0.29) is 5.91 Å². The number of hydrogen-bond acceptors (Lipinski definition) is 2. The number of carbonyl (C=O) groups is 1. The van der Waals surface area contributed by atoms with Crippen molar-refractivity contribution >= 4 is 16.8 Å². The van der Waals surface area contributed by atoms with Crippen molar-refractivity contribution in [3.8, 4) is 11.1 Å². The number of benzene rings is 2. The van der Waals surface area contributed by atoms with E-state index in [1.165, 1.54) is 0 Å². The number of nitrogen functional groups attached to an aromatic ring is 1. The van der Waals surface area contributed by atoms with Gasteiger partial charge in [-0.2, -0.15) is 0 Å². The highest BCUT2D eigenvalue weighted by molar-refractivity contribution is 6.10. The molecule has 1 heterocycles. The van der Waals surface area contributed by atoms with Gasteiger partial charge in [0.15, 0.2) is 0 Å². The Morgan fingerprint density at radius 3 is 2.40 bits per heavy atom. The maximum Gasteiger partial charge on any atom is 0.282 e. The largest absolute Gasteiger partial charge is 0.339 e. The summed E-state index contributed by atoms with van der Waals surface area (Å²) in [5.41, 5.74) is 5.72. The Kier molecular flexibility index (Phi) is 3.00. The average Bonchev–Trinajstić information content (AvgIpc) is 2.81. The van der Waals surface area contributed by atoms with E-state index in [0.29, 0.717) is 5.69 Å². The summed E-state index contributed by atoms with van der Waals surface area (Å²) in [6, 6.07) is 17.8. The Morgan fingerprint density at radius 2 is 1.70 bits per heavy atom. The van der Waals surface area contributed by atoms with E-state index in [1.54, 1.807) is 0 Å². The molecular weight excluding hydrogens is 250 g/mol. The van der Waals surface area contributed by atoms with E-state index in [0.717, 1.165) is 22.0 Å². The molecule has 0 saturated heterocycles. The highest BCUT2D eigenvalue weighted by Crippen LogP contribution is 2.34. The van der Waals surface area contributed by atoms with Gasteiger partial charge >= 0.3 is 0 Å².